The van der Waals surface area contributed by atoms with E-state index in [0.29, 0.717) is 23.4 Å². The first kappa shape index (κ1) is 14.2. The molecule has 2 aromatic rings. The zero-order valence-electron chi connectivity index (χ0n) is 11.8. The Bertz CT molecular complexity index is 598. The third kappa shape index (κ3) is 3.90. The molecule has 1 N–H and O–H groups in total. The summed E-state index contributed by atoms with van der Waals surface area (Å²) in [6.07, 6.45) is 1.71. The lowest BCUT2D eigenvalue weighted by Crippen LogP contribution is -2.23. The summed E-state index contributed by atoms with van der Waals surface area (Å²) in [6, 6.07) is 9.75. The van der Waals surface area contributed by atoms with Crippen LogP contribution in [0, 0.1) is 11.3 Å². The van der Waals surface area contributed by atoms with Crippen molar-refractivity contribution in [3.63, 3.8) is 0 Å². The average molecular weight is 270 g/mol. The van der Waals surface area contributed by atoms with Crippen LogP contribution in [0.4, 0.5) is 0 Å². The minimum Gasteiger partial charge on any atom is -0.421 e. The Morgan fingerprint density at radius 1 is 1.35 bits per heavy atom. The summed E-state index contributed by atoms with van der Waals surface area (Å²) in [5, 5.41) is 20.3. The van der Waals surface area contributed by atoms with Crippen LogP contribution in [0.3, 0.4) is 0 Å². The molecule has 0 saturated carbocycles. The van der Waals surface area contributed by atoms with Crippen molar-refractivity contribution in [2.24, 2.45) is 0 Å². The summed E-state index contributed by atoms with van der Waals surface area (Å²) < 4.78 is 5.62. The van der Waals surface area contributed by atoms with Crippen LogP contribution in [0.5, 0.6) is 0 Å². The molecule has 1 aromatic heterocycles. The fourth-order valence-electron chi connectivity index (χ4n) is 1.82. The fourth-order valence-corrected chi connectivity index (χ4v) is 1.82. The van der Waals surface area contributed by atoms with E-state index in [2.05, 4.69) is 35.4 Å². The molecule has 0 radical (unpaired) electrons. The highest BCUT2D eigenvalue weighted by Gasteiger charge is 2.08. The number of aryl methyl sites for hydroxylation is 1. The van der Waals surface area contributed by atoms with Crippen LogP contribution in [0.2, 0.25) is 0 Å². The van der Waals surface area contributed by atoms with Gasteiger partial charge in [0.2, 0.25) is 11.8 Å². The molecule has 5 nitrogen and oxygen atoms in total. The maximum atomic E-state index is 8.88. The molecule has 0 amide bonds. The van der Waals surface area contributed by atoms with Crippen LogP contribution in [0.25, 0.3) is 11.5 Å². The number of benzene rings is 1. The van der Waals surface area contributed by atoms with E-state index in [4.69, 9.17) is 9.68 Å². The summed E-state index contributed by atoms with van der Waals surface area (Å²) in [7, 11) is 0. The molecule has 1 heterocycles. The summed E-state index contributed by atoms with van der Waals surface area (Å²) in [5.41, 5.74) is 1.37. The highest BCUT2D eigenvalue weighted by Crippen LogP contribution is 2.19. The van der Waals surface area contributed by atoms with E-state index < -0.39 is 0 Å². The number of aromatic nitrogens is 2. The lowest BCUT2D eigenvalue weighted by molar-refractivity contribution is 0.484. The second-order valence-corrected chi connectivity index (χ2v) is 4.91. The van der Waals surface area contributed by atoms with Gasteiger partial charge in [0.15, 0.2) is 0 Å². The highest BCUT2D eigenvalue weighted by atomic mass is 16.4. The highest BCUT2D eigenvalue weighted by molar-refractivity contribution is 5.55. The molecular weight excluding hydrogens is 252 g/mol. The smallest absolute Gasteiger partial charge is 0.247 e. The Morgan fingerprint density at radius 3 is 2.95 bits per heavy atom. The molecular formula is C15H18N4O. The molecule has 0 unspecified atom stereocenters. The van der Waals surface area contributed by atoms with Crippen molar-refractivity contribution in [1.29, 1.82) is 5.26 Å². The van der Waals surface area contributed by atoms with Gasteiger partial charge in [-0.1, -0.05) is 19.9 Å². The monoisotopic (exact) mass is 270 g/mol. The summed E-state index contributed by atoms with van der Waals surface area (Å²) >= 11 is 0. The fraction of sp³-hybridized carbons (Fsp3) is 0.400. The Labute approximate surface area is 118 Å². The van der Waals surface area contributed by atoms with Crippen LogP contribution < -0.4 is 5.32 Å². The molecule has 0 saturated heterocycles. The first-order valence-corrected chi connectivity index (χ1v) is 6.75. The van der Waals surface area contributed by atoms with Gasteiger partial charge in [0, 0.05) is 18.0 Å². The molecule has 0 aliphatic rings. The van der Waals surface area contributed by atoms with Gasteiger partial charge in [-0.15, -0.1) is 10.2 Å². The van der Waals surface area contributed by atoms with Gasteiger partial charge in [0.1, 0.15) is 0 Å². The zero-order valence-corrected chi connectivity index (χ0v) is 11.8. The maximum absolute atomic E-state index is 8.88. The van der Waals surface area contributed by atoms with E-state index >= 15 is 0 Å². The molecule has 5 heteroatoms. The van der Waals surface area contributed by atoms with Gasteiger partial charge < -0.3 is 9.73 Å². The van der Waals surface area contributed by atoms with E-state index in [-0.39, 0.29) is 0 Å². The van der Waals surface area contributed by atoms with Crippen molar-refractivity contribution < 1.29 is 4.42 Å². The van der Waals surface area contributed by atoms with Gasteiger partial charge in [-0.3, -0.25) is 0 Å². The molecule has 0 bridgehead atoms. The summed E-state index contributed by atoms with van der Waals surface area (Å²) in [4.78, 5) is 0. The van der Waals surface area contributed by atoms with Crippen molar-refractivity contribution >= 4 is 0 Å². The predicted octanol–water partition coefficient (Wildman–Crippen LogP) is 2.54. The van der Waals surface area contributed by atoms with Gasteiger partial charge in [0.25, 0.3) is 0 Å². The normalized spacial score (nSPS) is 10.7. The zero-order chi connectivity index (χ0) is 14.4. The Hall–Kier alpha value is -2.19. The Kier molecular flexibility index (Phi) is 4.85. The minimum atomic E-state index is 0.467. The summed E-state index contributed by atoms with van der Waals surface area (Å²) in [5.74, 6) is 1.10. The molecule has 0 atom stereocenters. The van der Waals surface area contributed by atoms with Gasteiger partial charge in [-0.05, 0) is 31.2 Å². The van der Waals surface area contributed by atoms with Gasteiger partial charge in [-0.25, -0.2) is 0 Å². The lowest BCUT2D eigenvalue weighted by Gasteiger charge is -2.05. The molecule has 0 spiro atoms. The second kappa shape index (κ2) is 6.83. The van der Waals surface area contributed by atoms with Gasteiger partial charge in [0.05, 0.1) is 11.6 Å². The quantitative estimate of drug-likeness (QED) is 0.816. The molecule has 2 rings (SSSR count). The van der Waals surface area contributed by atoms with E-state index in [0.717, 1.165) is 24.9 Å². The SMILES string of the molecule is CC(C)NCCCc1nnc(-c2cccc(C#N)c2)o1. The molecule has 1 aromatic carbocycles. The molecule has 20 heavy (non-hydrogen) atoms. The van der Waals surface area contributed by atoms with Crippen molar-refractivity contribution in [1.82, 2.24) is 15.5 Å². The second-order valence-electron chi connectivity index (χ2n) is 4.91. The molecule has 104 valence electrons. The van der Waals surface area contributed by atoms with E-state index in [1.165, 1.54) is 0 Å². The van der Waals surface area contributed by atoms with Crippen LogP contribution in [0.1, 0.15) is 31.7 Å². The minimum absolute atomic E-state index is 0.467. The Morgan fingerprint density at radius 2 is 2.20 bits per heavy atom. The molecule has 0 aliphatic heterocycles. The molecule has 0 fully saturated rings. The van der Waals surface area contributed by atoms with E-state index in [1.807, 2.05) is 12.1 Å². The van der Waals surface area contributed by atoms with Gasteiger partial charge in [-0.2, -0.15) is 5.26 Å². The van der Waals surface area contributed by atoms with Crippen molar-refractivity contribution in [2.45, 2.75) is 32.7 Å². The number of rotatable bonds is 6. The lowest BCUT2D eigenvalue weighted by atomic mass is 10.1. The predicted molar refractivity (Wildman–Crippen MR) is 75.9 cm³/mol. The number of hydrogen-bond donors (Lipinski definition) is 1. The van der Waals surface area contributed by atoms with Crippen LogP contribution in [-0.4, -0.2) is 22.8 Å². The third-order valence-corrected chi connectivity index (χ3v) is 2.83. The molecule has 0 aliphatic carbocycles. The first-order valence-electron chi connectivity index (χ1n) is 6.75. The first-order chi connectivity index (χ1) is 9.69. The van der Waals surface area contributed by atoms with Crippen LogP contribution in [0.15, 0.2) is 28.7 Å². The van der Waals surface area contributed by atoms with Crippen molar-refractivity contribution in [3.8, 4) is 17.5 Å². The van der Waals surface area contributed by atoms with Crippen LogP contribution >= 0.6 is 0 Å². The van der Waals surface area contributed by atoms with Crippen molar-refractivity contribution in [3.05, 3.63) is 35.7 Å². The van der Waals surface area contributed by atoms with Gasteiger partial charge >= 0.3 is 0 Å². The standard InChI is InChI=1S/C15H18N4O/c1-11(2)17-8-4-7-14-18-19-15(20-14)13-6-3-5-12(9-13)10-16/h3,5-6,9,11,17H,4,7-8H2,1-2H3. The summed E-state index contributed by atoms with van der Waals surface area (Å²) in [6.45, 7) is 5.17. The topological polar surface area (TPSA) is 74.7 Å². The maximum Gasteiger partial charge on any atom is 0.247 e. The third-order valence-electron chi connectivity index (χ3n) is 2.83. The Balaban J connectivity index is 1.96. The van der Waals surface area contributed by atoms with Crippen molar-refractivity contribution in [2.75, 3.05) is 6.54 Å². The van der Waals surface area contributed by atoms with E-state index in [1.54, 1.807) is 12.1 Å². The number of nitrogens with one attached hydrogen (secondary N) is 1. The van der Waals surface area contributed by atoms with E-state index in [9.17, 15) is 0 Å². The average Bonchev–Trinajstić information content (AvgIpc) is 2.92. The largest absolute Gasteiger partial charge is 0.421 e. The number of nitriles is 1. The number of hydrogen-bond acceptors (Lipinski definition) is 5. The number of nitrogens with zero attached hydrogens (tertiary/aromatic N) is 3. The van der Waals surface area contributed by atoms with Crippen LogP contribution in [-0.2, 0) is 6.42 Å².